The average molecular weight is 431 g/mol. The highest BCUT2D eigenvalue weighted by atomic mass is 32.2. The number of anilines is 1. The number of sulfonamides is 1. The number of aryl methyl sites for hydroxylation is 1. The van der Waals surface area contributed by atoms with Crippen LogP contribution in [0.1, 0.15) is 41.9 Å². The number of nitrogens with one attached hydrogen (secondary N) is 1. The lowest BCUT2D eigenvalue weighted by atomic mass is 10.2. The Morgan fingerprint density at radius 1 is 1.07 bits per heavy atom. The van der Waals surface area contributed by atoms with Gasteiger partial charge in [-0.2, -0.15) is 0 Å². The van der Waals surface area contributed by atoms with Crippen molar-refractivity contribution in [3.8, 4) is 0 Å². The molecule has 3 rings (SSSR count). The number of amides is 1. The van der Waals surface area contributed by atoms with E-state index >= 15 is 0 Å². The van der Waals surface area contributed by atoms with E-state index < -0.39 is 10.0 Å². The van der Waals surface area contributed by atoms with Crippen LogP contribution in [-0.2, 0) is 10.0 Å². The number of carbonyl (C=O) groups is 1. The van der Waals surface area contributed by atoms with Crippen LogP contribution >= 0.6 is 11.3 Å². The Bertz CT molecular complexity index is 1100. The highest BCUT2D eigenvalue weighted by Gasteiger charge is 2.24. The van der Waals surface area contributed by atoms with Gasteiger partial charge in [-0.05, 0) is 62.1 Å². The molecule has 0 radical (unpaired) electrons. The van der Waals surface area contributed by atoms with Crippen molar-refractivity contribution in [2.24, 2.45) is 0 Å². The molecule has 3 aromatic rings. The van der Waals surface area contributed by atoms with Crippen LogP contribution < -0.4 is 9.62 Å². The summed E-state index contributed by atoms with van der Waals surface area (Å²) >= 11 is 1.42. The second-order valence-electron chi connectivity index (χ2n) is 6.93. The number of hydrogen-bond acceptors (Lipinski definition) is 4. The molecule has 0 aliphatic carbocycles. The molecule has 5 nitrogen and oxygen atoms in total. The zero-order chi connectivity index (χ0) is 21.0. The zero-order valence-electron chi connectivity index (χ0n) is 16.9. The molecule has 0 aliphatic rings. The number of thiophene rings is 1. The monoisotopic (exact) mass is 430 g/mol. The van der Waals surface area contributed by atoms with Gasteiger partial charge in [-0.3, -0.25) is 9.10 Å². The van der Waals surface area contributed by atoms with Crippen molar-refractivity contribution in [3.05, 3.63) is 59.0 Å². The van der Waals surface area contributed by atoms with E-state index in [1.807, 2.05) is 32.0 Å². The Kier molecular flexibility index (Phi) is 6.59. The minimum Gasteiger partial charge on any atom is -0.351 e. The minimum absolute atomic E-state index is 0.0826. The number of fused-ring (bicyclic) bond motifs is 1. The summed E-state index contributed by atoms with van der Waals surface area (Å²) in [5.41, 5.74) is 1.60. The van der Waals surface area contributed by atoms with Crippen molar-refractivity contribution in [1.29, 1.82) is 0 Å². The number of benzene rings is 2. The maximum atomic E-state index is 13.1. The number of rotatable bonds is 8. The number of hydrogen-bond donors (Lipinski definition) is 1. The quantitative estimate of drug-likeness (QED) is 0.514. The van der Waals surface area contributed by atoms with Gasteiger partial charge < -0.3 is 5.32 Å². The van der Waals surface area contributed by atoms with Gasteiger partial charge in [0.1, 0.15) is 0 Å². The predicted molar refractivity (Wildman–Crippen MR) is 120 cm³/mol. The van der Waals surface area contributed by atoms with Crippen molar-refractivity contribution >= 4 is 43.0 Å². The first-order chi connectivity index (χ1) is 13.9. The van der Waals surface area contributed by atoms with E-state index in [2.05, 4.69) is 12.2 Å². The van der Waals surface area contributed by atoms with E-state index in [1.54, 1.807) is 30.3 Å². The fourth-order valence-electron chi connectivity index (χ4n) is 3.09. The van der Waals surface area contributed by atoms with Crippen molar-refractivity contribution in [2.45, 2.75) is 38.5 Å². The summed E-state index contributed by atoms with van der Waals surface area (Å²) in [6.07, 6.45) is 1.97. The summed E-state index contributed by atoms with van der Waals surface area (Å²) in [5, 5.41) is 3.79. The topological polar surface area (TPSA) is 66.5 Å². The molecule has 1 heterocycles. The van der Waals surface area contributed by atoms with E-state index in [1.165, 1.54) is 15.6 Å². The maximum Gasteiger partial charge on any atom is 0.264 e. The first-order valence-electron chi connectivity index (χ1n) is 9.78. The van der Waals surface area contributed by atoms with Gasteiger partial charge in [0.05, 0.1) is 15.5 Å². The highest BCUT2D eigenvalue weighted by molar-refractivity contribution is 7.92. The summed E-state index contributed by atoms with van der Waals surface area (Å²) in [7, 11) is -3.66. The summed E-state index contributed by atoms with van der Waals surface area (Å²) in [6.45, 7) is 6.80. The third-order valence-electron chi connectivity index (χ3n) is 4.72. The van der Waals surface area contributed by atoms with E-state index in [0.29, 0.717) is 23.7 Å². The Morgan fingerprint density at radius 3 is 2.45 bits per heavy atom. The van der Waals surface area contributed by atoms with Gasteiger partial charge in [0.15, 0.2) is 0 Å². The number of unbranched alkanes of at least 4 members (excludes halogenated alkanes) is 1. The molecule has 0 fully saturated rings. The SMILES string of the molecule is CCCCNC(=O)c1cc2cc(N(CC)S(=O)(=O)c3ccc(C)cc3)ccc2s1. The minimum atomic E-state index is -3.66. The van der Waals surface area contributed by atoms with Crippen LogP contribution in [-0.4, -0.2) is 27.4 Å². The Morgan fingerprint density at radius 2 is 1.79 bits per heavy atom. The van der Waals surface area contributed by atoms with Gasteiger partial charge in [-0.1, -0.05) is 31.0 Å². The molecule has 7 heteroatoms. The van der Waals surface area contributed by atoms with E-state index in [0.717, 1.165) is 28.5 Å². The zero-order valence-corrected chi connectivity index (χ0v) is 18.6. The summed E-state index contributed by atoms with van der Waals surface area (Å²) in [5.74, 6) is -0.0826. The molecule has 2 aromatic carbocycles. The highest BCUT2D eigenvalue weighted by Crippen LogP contribution is 2.31. The molecule has 0 aliphatic heterocycles. The Balaban J connectivity index is 1.91. The van der Waals surface area contributed by atoms with Crippen LogP contribution in [0.25, 0.3) is 10.1 Å². The molecule has 0 unspecified atom stereocenters. The number of carbonyl (C=O) groups excluding carboxylic acids is 1. The molecule has 0 spiro atoms. The molecule has 0 saturated carbocycles. The van der Waals surface area contributed by atoms with Crippen LogP contribution in [0, 0.1) is 6.92 Å². The second-order valence-corrected chi connectivity index (χ2v) is 9.87. The molecule has 0 bridgehead atoms. The third kappa shape index (κ3) is 4.62. The average Bonchev–Trinajstić information content (AvgIpc) is 3.12. The standard InChI is InChI=1S/C22H26N2O3S2/c1-4-6-13-23-22(25)21-15-17-14-18(9-12-20(17)28-21)24(5-2)29(26,27)19-10-7-16(3)8-11-19/h7-12,14-15H,4-6,13H2,1-3H3,(H,23,25). The fraction of sp³-hybridized carbons (Fsp3) is 0.318. The lowest BCUT2D eigenvalue weighted by Gasteiger charge is -2.23. The largest absolute Gasteiger partial charge is 0.351 e. The normalized spacial score (nSPS) is 11.6. The molecule has 0 saturated heterocycles. The molecule has 1 aromatic heterocycles. The fourth-order valence-corrected chi connectivity index (χ4v) is 5.52. The van der Waals surface area contributed by atoms with Gasteiger partial charge >= 0.3 is 0 Å². The van der Waals surface area contributed by atoms with Crippen molar-refractivity contribution in [2.75, 3.05) is 17.4 Å². The summed E-state index contributed by atoms with van der Waals surface area (Å²) in [6, 6.07) is 14.2. The van der Waals surface area contributed by atoms with Gasteiger partial charge in [0, 0.05) is 17.8 Å². The van der Waals surface area contributed by atoms with Crippen LogP contribution in [0.15, 0.2) is 53.4 Å². The van der Waals surface area contributed by atoms with Gasteiger partial charge in [0.2, 0.25) is 0 Å². The molecular weight excluding hydrogens is 404 g/mol. The second kappa shape index (κ2) is 8.97. The van der Waals surface area contributed by atoms with Crippen LogP contribution in [0.4, 0.5) is 5.69 Å². The molecule has 29 heavy (non-hydrogen) atoms. The number of nitrogens with zero attached hydrogens (tertiary/aromatic N) is 1. The summed E-state index contributed by atoms with van der Waals surface area (Å²) < 4.78 is 28.6. The predicted octanol–water partition coefficient (Wildman–Crippen LogP) is 4.95. The maximum absolute atomic E-state index is 13.1. The van der Waals surface area contributed by atoms with Crippen molar-refractivity contribution in [1.82, 2.24) is 5.32 Å². The Labute approximate surface area is 176 Å². The van der Waals surface area contributed by atoms with Crippen LogP contribution in [0.5, 0.6) is 0 Å². The molecule has 154 valence electrons. The molecular formula is C22H26N2O3S2. The van der Waals surface area contributed by atoms with Crippen molar-refractivity contribution < 1.29 is 13.2 Å². The first kappa shape index (κ1) is 21.3. The lowest BCUT2D eigenvalue weighted by molar-refractivity contribution is 0.0957. The van der Waals surface area contributed by atoms with Gasteiger partial charge in [-0.15, -0.1) is 11.3 Å². The van der Waals surface area contributed by atoms with Crippen LogP contribution in [0.2, 0.25) is 0 Å². The van der Waals surface area contributed by atoms with E-state index in [9.17, 15) is 13.2 Å². The first-order valence-corrected chi connectivity index (χ1v) is 12.0. The third-order valence-corrected chi connectivity index (χ3v) is 7.76. The molecule has 1 amide bonds. The van der Waals surface area contributed by atoms with Crippen molar-refractivity contribution in [3.63, 3.8) is 0 Å². The van der Waals surface area contributed by atoms with Crippen LogP contribution in [0.3, 0.4) is 0 Å². The molecule has 1 N–H and O–H groups in total. The molecule has 0 atom stereocenters. The van der Waals surface area contributed by atoms with E-state index in [4.69, 9.17) is 0 Å². The van der Waals surface area contributed by atoms with Gasteiger partial charge in [0.25, 0.3) is 15.9 Å². The lowest BCUT2D eigenvalue weighted by Crippen LogP contribution is -2.30. The smallest absolute Gasteiger partial charge is 0.264 e. The van der Waals surface area contributed by atoms with Gasteiger partial charge in [-0.25, -0.2) is 8.42 Å². The summed E-state index contributed by atoms with van der Waals surface area (Å²) in [4.78, 5) is 13.2. The van der Waals surface area contributed by atoms with E-state index in [-0.39, 0.29) is 10.8 Å². The Hall–Kier alpha value is -2.38.